The summed E-state index contributed by atoms with van der Waals surface area (Å²) in [6.45, 7) is 5.29. The van der Waals surface area contributed by atoms with Gasteiger partial charge in [-0.25, -0.2) is 0 Å². The van der Waals surface area contributed by atoms with Crippen LogP contribution in [0.1, 0.15) is 70.2 Å². The Bertz CT molecular complexity index is 8710. The van der Waals surface area contributed by atoms with Gasteiger partial charge in [0.1, 0.15) is 0 Å². The molecule has 0 atom stereocenters. The molecule has 0 fully saturated rings. The first kappa shape index (κ1) is 40.3. The van der Waals surface area contributed by atoms with Crippen LogP contribution in [0.2, 0.25) is 0 Å². The average molecular weight is 1470 g/mol. The zero-order chi connectivity index (χ0) is 103. The quantitative estimate of drug-likeness (QED) is 0.128. The van der Waals surface area contributed by atoms with Crippen LogP contribution in [-0.2, 0) is 5.41 Å². The van der Waals surface area contributed by atoms with Crippen LogP contribution in [0.3, 0.4) is 0 Å². The van der Waals surface area contributed by atoms with Crippen LogP contribution in [0.4, 0.5) is 34.1 Å². The number of anilines is 6. The van der Waals surface area contributed by atoms with Gasteiger partial charge in [0.25, 0.3) is 6.71 Å². The van der Waals surface area contributed by atoms with Crippen molar-refractivity contribution < 1.29 is 43.9 Å². The smallest absolute Gasteiger partial charge is 0.252 e. The fourth-order valence-electron chi connectivity index (χ4n) is 17.1. The zero-order valence-electron chi connectivity index (χ0n) is 92.2. The molecular weight excluding hydrogens is 1370 g/mol. The molecule has 6 nitrogen and oxygen atoms in total. The first-order valence-corrected chi connectivity index (χ1v) is 36.7. The molecule has 0 saturated heterocycles. The Balaban J connectivity index is 0.777. The Morgan fingerprint density at radius 3 is 0.841 bits per heavy atom. The maximum atomic E-state index is 9.83. The molecule has 17 aromatic carbocycles. The minimum Gasteiger partial charge on any atom is -0.311 e. The van der Waals surface area contributed by atoms with E-state index in [-0.39, 0.29) is 98.6 Å². The number of rotatable bonds is 10. The first-order chi connectivity index (χ1) is 69.0. The van der Waals surface area contributed by atoms with E-state index in [0.717, 1.165) is 5.56 Å². The van der Waals surface area contributed by atoms with Gasteiger partial charge in [-0.15, -0.1) is 0 Å². The Kier molecular flexibility index (Phi) is 8.95. The highest BCUT2D eigenvalue weighted by Gasteiger charge is 2.45. The largest absolute Gasteiger partial charge is 0.311 e. The van der Waals surface area contributed by atoms with E-state index in [9.17, 15) is 21.9 Å². The average Bonchev–Trinajstić information content (AvgIpc) is 1.70. The summed E-state index contributed by atoms with van der Waals surface area (Å²) >= 11 is 0. The van der Waals surface area contributed by atoms with Crippen molar-refractivity contribution in [2.24, 2.45) is 0 Å². The topological polar surface area (TPSA) is 26.2 Å². The van der Waals surface area contributed by atoms with E-state index in [1.165, 1.54) is 18.3 Å². The van der Waals surface area contributed by atoms with Crippen molar-refractivity contribution in [3.05, 3.63) is 393 Å². The van der Waals surface area contributed by atoms with Crippen LogP contribution in [0, 0.1) is 0 Å². The molecule has 21 aromatic rings. The van der Waals surface area contributed by atoms with Crippen molar-refractivity contribution in [3.8, 4) is 67.3 Å². The van der Waals surface area contributed by atoms with E-state index < -0.39 is 205 Å². The molecule has 6 heterocycles. The molecular formula is C106H73BN6. The Labute approximate surface area is 700 Å². The van der Waals surface area contributed by atoms with Gasteiger partial charge in [-0.3, -0.25) is 0 Å². The van der Waals surface area contributed by atoms with Crippen LogP contribution in [0.15, 0.2) is 387 Å². The van der Waals surface area contributed by atoms with Gasteiger partial charge in [0.05, 0.1) is 99.4 Å². The van der Waals surface area contributed by atoms with E-state index in [0.29, 0.717) is 106 Å². The molecule has 0 aliphatic carbocycles. The van der Waals surface area contributed by atoms with Crippen molar-refractivity contribution in [1.82, 2.24) is 18.3 Å². The number of aromatic nitrogens is 4. The van der Waals surface area contributed by atoms with Gasteiger partial charge in [-0.05, 0) is 194 Å². The second-order valence-electron chi connectivity index (χ2n) is 29.2. The maximum absolute atomic E-state index is 9.83. The summed E-state index contributed by atoms with van der Waals surface area (Å²) in [7, 11) is 0. The van der Waals surface area contributed by atoms with Crippen molar-refractivity contribution in [3.63, 3.8) is 0 Å². The molecule has 0 spiro atoms. The van der Waals surface area contributed by atoms with E-state index in [4.69, 9.17) is 21.9 Å². The first-order valence-electron chi connectivity index (χ1n) is 52.7. The summed E-state index contributed by atoms with van der Waals surface area (Å²) in [4.78, 5) is 4.23. The van der Waals surface area contributed by atoms with Gasteiger partial charge < -0.3 is 28.1 Å². The second-order valence-corrected chi connectivity index (χ2v) is 29.2. The summed E-state index contributed by atoms with van der Waals surface area (Å²) in [6, 6.07) is 42.1. The highest BCUT2D eigenvalue weighted by molar-refractivity contribution is 7.00. The summed E-state index contributed by atoms with van der Waals surface area (Å²) in [5.41, 5.74) is 10.5. The van der Waals surface area contributed by atoms with Crippen molar-refractivity contribution in [2.75, 3.05) is 9.80 Å². The molecule has 0 bridgehead atoms. The fraction of sp³-hybridized carbons (Fsp3) is 0.0377. The minimum absolute atomic E-state index is 0.0540. The van der Waals surface area contributed by atoms with Crippen LogP contribution in [0.5, 0.6) is 0 Å². The SMILES string of the molecule is [2H]c1c([2H])c([2H])c2c(c1[2H])c1c([2H])c([2H])c([2H])c([2H])c1n2-c1ccc(-c2cccc(-c3ccccc3N3c4cc(-n5c6c([2H])c([2H])c([2H])c([2H])c6c6c([2H])c([2H])c([2H])c([2H])c65)ccc4B4c5ccc(-n6c7c([2H])c([2H])c([2H])c([2H])c7c7c([2H])c([2H])c([2H])c([2H])c76)cc5N(c5ccccc5-c5cccc(-c6ccc(-n7c8c([2H])c([2H])c([2H])c([2H])c8c8c([2H])c([2H])c([2H])c([2H])c87)cc6)c5)c5cc(C(C)(C)C)cc3c54)c2)cc1. The van der Waals surface area contributed by atoms with Crippen molar-refractivity contribution in [1.29, 1.82) is 0 Å². The summed E-state index contributed by atoms with van der Waals surface area (Å²) < 4.78 is 300. The van der Waals surface area contributed by atoms with E-state index in [1.807, 2.05) is 121 Å². The molecule has 0 radical (unpaired) electrons. The van der Waals surface area contributed by atoms with Crippen molar-refractivity contribution in [2.45, 2.75) is 26.2 Å². The van der Waals surface area contributed by atoms with Gasteiger partial charge >= 0.3 is 0 Å². The number of nitrogens with zero attached hydrogens (tertiary/aromatic N) is 6. The molecule has 0 saturated carbocycles. The third-order valence-electron chi connectivity index (χ3n) is 22.1. The van der Waals surface area contributed by atoms with Gasteiger partial charge in [-0.1, -0.05) is 275 Å². The predicted octanol–water partition coefficient (Wildman–Crippen LogP) is 26.1. The van der Waals surface area contributed by atoms with Gasteiger partial charge in [-0.2, -0.15) is 0 Å². The standard InChI is InChI=1S/C106H73BN6/c1-106(2,3)74-64-103-105-104(65-74)113(92-41-15-5-31-80(92)73-29-25-27-71(63-73)69-52-56-76(57-53-69)109-95-44-18-8-34-83(95)84-35-9-19-45-96(84)109)102-67-78(111-99-48-22-12-38-87(99)88-39-13-23-49-100(88)111)59-61-90(102)107(105)89-60-58-77(110-97-46-20-10-36-85(97)86-37-11-21-47-98(86)110)66-101(89)112(103)91-40-14-4-30-79(91)72-28-24-26-70(62-72)68-50-54-75(55-51-68)108-93-42-16-6-32-81(93)82-33-7-17-43-94(82)108/h4-67H,1-3H3/i6D,7D,8D,9D,10D,11D,12D,13D,16D,17D,18D,19D,20D,21D,22D,23D,32D,33D,34D,35D,36D,37D,38D,39D,42D,43D,44D,45D,46D,47D,48D,49D. The van der Waals surface area contributed by atoms with Gasteiger partial charge in [0.2, 0.25) is 0 Å². The van der Waals surface area contributed by atoms with Crippen LogP contribution >= 0.6 is 0 Å². The second kappa shape index (κ2) is 25.1. The Hall–Kier alpha value is -14.4. The fourth-order valence-corrected chi connectivity index (χ4v) is 17.1. The lowest BCUT2D eigenvalue weighted by atomic mass is 9.33. The predicted molar refractivity (Wildman–Crippen MR) is 478 cm³/mol. The summed E-state index contributed by atoms with van der Waals surface area (Å²) in [5, 5.41) is -0.978. The molecule has 530 valence electrons. The monoisotopic (exact) mass is 1470 g/mol. The lowest BCUT2D eigenvalue weighted by Gasteiger charge is -2.46. The molecule has 0 N–H and O–H groups in total. The molecule has 0 amide bonds. The minimum atomic E-state index is -0.893. The number of hydrogen-bond donors (Lipinski definition) is 0. The number of benzene rings is 17. The Morgan fingerprint density at radius 2 is 0.522 bits per heavy atom. The maximum Gasteiger partial charge on any atom is 0.252 e. The Morgan fingerprint density at radius 1 is 0.239 bits per heavy atom. The number of fused-ring (bicyclic) bond motifs is 16. The van der Waals surface area contributed by atoms with Crippen LogP contribution in [0.25, 0.3) is 154 Å². The third kappa shape index (κ3) is 9.94. The zero-order valence-corrected chi connectivity index (χ0v) is 60.2. The normalized spacial score (nSPS) is 16.6. The number of hydrogen-bond acceptors (Lipinski definition) is 2. The summed E-state index contributed by atoms with van der Waals surface area (Å²) in [5.74, 6) is 0. The highest BCUT2D eigenvalue weighted by Crippen LogP contribution is 2.52. The van der Waals surface area contributed by atoms with Crippen LogP contribution < -0.4 is 26.2 Å². The lowest BCUT2D eigenvalue weighted by molar-refractivity contribution is 0.590. The lowest BCUT2D eigenvalue weighted by Crippen LogP contribution is -2.61. The molecule has 4 aromatic heterocycles. The van der Waals surface area contributed by atoms with Crippen molar-refractivity contribution >= 4 is 144 Å². The molecule has 7 heteroatoms. The molecule has 2 aliphatic heterocycles. The van der Waals surface area contributed by atoms with Crippen LogP contribution in [-0.4, -0.2) is 25.0 Å². The van der Waals surface area contributed by atoms with E-state index in [1.54, 1.807) is 60.7 Å². The molecule has 0 unspecified atom stereocenters. The van der Waals surface area contributed by atoms with E-state index in [2.05, 4.69) is 42.7 Å². The van der Waals surface area contributed by atoms with E-state index >= 15 is 0 Å². The van der Waals surface area contributed by atoms with Gasteiger partial charge in [0, 0.05) is 99.7 Å². The third-order valence-corrected chi connectivity index (χ3v) is 22.1. The number of para-hydroxylation sites is 10. The molecule has 2 aliphatic rings. The highest BCUT2D eigenvalue weighted by atomic mass is 15.2. The van der Waals surface area contributed by atoms with Gasteiger partial charge in [0.15, 0.2) is 0 Å². The molecule has 23 rings (SSSR count). The summed E-state index contributed by atoms with van der Waals surface area (Å²) in [6.07, 6.45) is 0. The molecule has 113 heavy (non-hydrogen) atoms.